The summed E-state index contributed by atoms with van der Waals surface area (Å²) in [4.78, 5) is 4.62. The quantitative estimate of drug-likeness (QED) is 0.735. The van der Waals surface area contributed by atoms with Gasteiger partial charge in [0.1, 0.15) is 6.04 Å². The van der Waals surface area contributed by atoms with Gasteiger partial charge in [0.15, 0.2) is 11.5 Å². The Labute approximate surface area is 166 Å². The molecule has 1 aliphatic heterocycles. The average molecular weight is 381 g/mol. The van der Waals surface area contributed by atoms with Crippen molar-refractivity contribution in [1.82, 2.24) is 9.80 Å². The van der Waals surface area contributed by atoms with Gasteiger partial charge in [-0.3, -0.25) is 9.80 Å². The predicted octanol–water partition coefficient (Wildman–Crippen LogP) is 3.09. The number of nitrogens with zero attached hydrogens (tertiary/aromatic N) is 3. The summed E-state index contributed by atoms with van der Waals surface area (Å²) in [6, 6.07) is 16.2. The third-order valence-electron chi connectivity index (χ3n) is 5.19. The first kappa shape index (κ1) is 20.0. The Hall–Kier alpha value is -2.75. The van der Waals surface area contributed by atoms with Gasteiger partial charge >= 0.3 is 0 Å². The van der Waals surface area contributed by atoms with Crippen LogP contribution in [0.4, 0.5) is 0 Å². The first-order chi connectivity index (χ1) is 13.7. The van der Waals surface area contributed by atoms with E-state index in [4.69, 9.17) is 14.2 Å². The third kappa shape index (κ3) is 4.22. The lowest BCUT2D eigenvalue weighted by Gasteiger charge is -2.37. The monoisotopic (exact) mass is 381 g/mol. The molecule has 28 heavy (non-hydrogen) atoms. The summed E-state index contributed by atoms with van der Waals surface area (Å²) in [5.74, 6) is 1.99. The van der Waals surface area contributed by atoms with Crippen molar-refractivity contribution in [2.75, 3.05) is 47.5 Å². The molecule has 0 aromatic heterocycles. The summed E-state index contributed by atoms with van der Waals surface area (Å²) >= 11 is 0. The fourth-order valence-corrected chi connectivity index (χ4v) is 3.71. The zero-order valence-electron chi connectivity index (χ0n) is 16.7. The van der Waals surface area contributed by atoms with E-state index in [0.717, 1.165) is 43.9 Å². The molecule has 0 unspecified atom stereocenters. The maximum Gasteiger partial charge on any atom is 0.203 e. The van der Waals surface area contributed by atoms with E-state index in [1.165, 1.54) is 0 Å². The Kier molecular flexibility index (Phi) is 6.75. The molecule has 1 aliphatic rings. The lowest BCUT2D eigenvalue weighted by molar-refractivity contribution is 0.108. The molecule has 6 heteroatoms. The Morgan fingerprint density at radius 1 is 0.893 bits per heavy atom. The van der Waals surface area contributed by atoms with E-state index in [2.05, 4.69) is 15.9 Å². The molecule has 0 bridgehead atoms. The summed E-state index contributed by atoms with van der Waals surface area (Å²) in [7, 11) is 4.89. The van der Waals surface area contributed by atoms with Crippen LogP contribution in [0.25, 0.3) is 0 Å². The van der Waals surface area contributed by atoms with Gasteiger partial charge in [-0.05, 0) is 11.6 Å². The van der Waals surface area contributed by atoms with Gasteiger partial charge in [-0.15, -0.1) is 0 Å². The maximum absolute atomic E-state index is 9.66. The molecule has 2 aromatic rings. The molecule has 1 heterocycles. The van der Waals surface area contributed by atoms with Crippen molar-refractivity contribution >= 4 is 0 Å². The van der Waals surface area contributed by atoms with E-state index in [1.54, 1.807) is 21.3 Å². The van der Waals surface area contributed by atoms with E-state index in [9.17, 15) is 5.26 Å². The predicted molar refractivity (Wildman–Crippen MR) is 108 cm³/mol. The van der Waals surface area contributed by atoms with Crippen molar-refractivity contribution in [2.45, 2.75) is 12.6 Å². The molecule has 1 fully saturated rings. The lowest BCUT2D eigenvalue weighted by atomic mass is 10.1. The standard InChI is InChI=1S/C22H27N3O3/c1-26-20-10-9-18(21(27-2)22(20)28-3)16-24-11-13-25(14-12-24)19(15-23)17-7-5-4-6-8-17/h4-10,19H,11-14,16H2,1-3H3/t19-/m1/s1. The molecule has 2 aromatic carbocycles. The lowest BCUT2D eigenvalue weighted by Crippen LogP contribution is -2.47. The molecule has 0 spiro atoms. The SMILES string of the molecule is COc1ccc(CN2CCN([C@H](C#N)c3ccccc3)CC2)c(OC)c1OC. The zero-order valence-corrected chi connectivity index (χ0v) is 16.7. The molecule has 0 aliphatic carbocycles. The molecule has 0 radical (unpaired) electrons. The van der Waals surface area contributed by atoms with Gasteiger partial charge in [0.2, 0.25) is 5.75 Å². The number of benzene rings is 2. The molecule has 148 valence electrons. The van der Waals surface area contributed by atoms with E-state index >= 15 is 0 Å². The van der Waals surface area contributed by atoms with Gasteiger partial charge in [0.25, 0.3) is 0 Å². The molecule has 1 saturated heterocycles. The first-order valence-corrected chi connectivity index (χ1v) is 9.40. The highest BCUT2D eigenvalue weighted by molar-refractivity contribution is 5.55. The second kappa shape index (κ2) is 9.45. The van der Waals surface area contributed by atoms with Crippen molar-refractivity contribution < 1.29 is 14.2 Å². The van der Waals surface area contributed by atoms with E-state index in [0.29, 0.717) is 17.2 Å². The summed E-state index contributed by atoms with van der Waals surface area (Å²) in [6.45, 7) is 4.25. The van der Waals surface area contributed by atoms with Crippen molar-refractivity contribution in [1.29, 1.82) is 5.26 Å². The van der Waals surface area contributed by atoms with E-state index in [-0.39, 0.29) is 6.04 Å². The summed E-state index contributed by atoms with van der Waals surface area (Å²) in [5.41, 5.74) is 2.12. The second-order valence-electron chi connectivity index (χ2n) is 6.75. The zero-order chi connectivity index (χ0) is 19.9. The highest BCUT2D eigenvalue weighted by Gasteiger charge is 2.26. The fourth-order valence-electron chi connectivity index (χ4n) is 3.71. The van der Waals surface area contributed by atoms with Gasteiger partial charge in [-0.25, -0.2) is 0 Å². The smallest absolute Gasteiger partial charge is 0.203 e. The Morgan fingerprint density at radius 2 is 1.57 bits per heavy atom. The van der Waals surface area contributed by atoms with Crippen LogP contribution in [0.1, 0.15) is 17.2 Å². The normalized spacial score (nSPS) is 16.2. The number of rotatable bonds is 7. The van der Waals surface area contributed by atoms with Gasteiger partial charge in [-0.2, -0.15) is 5.26 Å². The maximum atomic E-state index is 9.66. The molecular weight excluding hydrogens is 354 g/mol. The number of ether oxygens (including phenoxy) is 3. The summed E-state index contributed by atoms with van der Waals surface area (Å²) in [6.07, 6.45) is 0. The highest BCUT2D eigenvalue weighted by atomic mass is 16.5. The van der Waals surface area contributed by atoms with Crippen molar-refractivity contribution in [3.63, 3.8) is 0 Å². The minimum absolute atomic E-state index is 0.195. The topological polar surface area (TPSA) is 58.0 Å². The van der Waals surface area contributed by atoms with E-state index in [1.807, 2.05) is 42.5 Å². The average Bonchev–Trinajstić information content (AvgIpc) is 2.75. The van der Waals surface area contributed by atoms with Crippen LogP contribution < -0.4 is 14.2 Å². The number of hydrogen-bond acceptors (Lipinski definition) is 6. The molecule has 1 atom stereocenters. The largest absolute Gasteiger partial charge is 0.493 e. The Balaban J connectivity index is 1.67. The van der Waals surface area contributed by atoms with E-state index < -0.39 is 0 Å². The van der Waals surface area contributed by atoms with Crippen LogP contribution >= 0.6 is 0 Å². The van der Waals surface area contributed by atoms with Gasteiger partial charge in [-0.1, -0.05) is 36.4 Å². The molecular formula is C22H27N3O3. The van der Waals surface area contributed by atoms with Crippen LogP contribution in [0.2, 0.25) is 0 Å². The number of nitriles is 1. The number of piperazine rings is 1. The fraction of sp³-hybridized carbons (Fsp3) is 0.409. The Morgan fingerprint density at radius 3 is 2.14 bits per heavy atom. The summed E-state index contributed by atoms with van der Waals surface area (Å²) < 4.78 is 16.5. The van der Waals surface area contributed by atoms with Crippen molar-refractivity contribution in [3.05, 3.63) is 53.6 Å². The molecule has 6 nitrogen and oxygen atoms in total. The van der Waals surface area contributed by atoms with Gasteiger partial charge < -0.3 is 14.2 Å². The minimum atomic E-state index is -0.195. The van der Waals surface area contributed by atoms with Gasteiger partial charge in [0.05, 0.1) is 27.4 Å². The van der Waals surface area contributed by atoms with Crippen LogP contribution in [-0.2, 0) is 6.54 Å². The number of hydrogen-bond donors (Lipinski definition) is 0. The number of methoxy groups -OCH3 is 3. The molecule has 0 N–H and O–H groups in total. The molecule has 0 saturated carbocycles. The molecule has 3 rings (SSSR count). The molecule has 0 amide bonds. The third-order valence-corrected chi connectivity index (χ3v) is 5.19. The van der Waals surface area contributed by atoms with Crippen LogP contribution in [0, 0.1) is 11.3 Å². The Bertz CT molecular complexity index is 812. The second-order valence-corrected chi connectivity index (χ2v) is 6.75. The minimum Gasteiger partial charge on any atom is -0.493 e. The van der Waals surface area contributed by atoms with Crippen molar-refractivity contribution in [3.8, 4) is 23.3 Å². The first-order valence-electron chi connectivity index (χ1n) is 9.40. The van der Waals surface area contributed by atoms with Gasteiger partial charge in [0, 0.05) is 38.3 Å². The van der Waals surface area contributed by atoms with Crippen LogP contribution in [0.5, 0.6) is 17.2 Å². The van der Waals surface area contributed by atoms with Crippen LogP contribution in [0.3, 0.4) is 0 Å². The summed E-state index contributed by atoms with van der Waals surface area (Å²) in [5, 5.41) is 9.66. The van der Waals surface area contributed by atoms with Crippen LogP contribution in [0.15, 0.2) is 42.5 Å². The van der Waals surface area contributed by atoms with Crippen molar-refractivity contribution in [2.24, 2.45) is 0 Å². The van der Waals surface area contributed by atoms with Crippen LogP contribution in [-0.4, -0.2) is 57.3 Å². The highest BCUT2D eigenvalue weighted by Crippen LogP contribution is 2.40.